The SMILES string of the molecule is CCOc1ccc(C2Oc3c(Cl)cc(Cl)cc3C=C2[N+](=O)[O-])cc1OCC. The molecule has 0 aromatic heterocycles. The van der Waals surface area contributed by atoms with Crippen LogP contribution in [-0.2, 0) is 0 Å². The number of nitro groups is 1. The lowest BCUT2D eigenvalue weighted by atomic mass is 10.0. The molecule has 8 heteroatoms. The van der Waals surface area contributed by atoms with E-state index >= 15 is 0 Å². The first-order valence-electron chi connectivity index (χ1n) is 8.35. The maximum atomic E-state index is 11.6. The second-order valence-electron chi connectivity index (χ2n) is 5.70. The Morgan fingerprint density at radius 1 is 1.11 bits per heavy atom. The van der Waals surface area contributed by atoms with E-state index in [0.717, 1.165) is 0 Å². The fraction of sp³-hybridized carbons (Fsp3) is 0.263. The van der Waals surface area contributed by atoms with Crippen molar-refractivity contribution in [1.29, 1.82) is 0 Å². The van der Waals surface area contributed by atoms with Gasteiger partial charge in [-0.2, -0.15) is 0 Å². The Kier molecular flexibility index (Phi) is 5.77. The first-order chi connectivity index (χ1) is 12.9. The van der Waals surface area contributed by atoms with Crippen LogP contribution in [0.2, 0.25) is 10.0 Å². The molecule has 142 valence electrons. The maximum absolute atomic E-state index is 11.6. The van der Waals surface area contributed by atoms with Gasteiger partial charge in [0.2, 0.25) is 6.10 Å². The molecule has 0 bridgehead atoms. The van der Waals surface area contributed by atoms with Gasteiger partial charge in [-0.15, -0.1) is 0 Å². The molecule has 2 aromatic rings. The minimum absolute atomic E-state index is 0.118. The molecule has 0 saturated carbocycles. The third kappa shape index (κ3) is 3.96. The van der Waals surface area contributed by atoms with Gasteiger partial charge in [0.05, 0.1) is 23.2 Å². The first-order valence-corrected chi connectivity index (χ1v) is 9.11. The first kappa shape index (κ1) is 19.3. The van der Waals surface area contributed by atoms with Crippen LogP contribution in [0.25, 0.3) is 6.08 Å². The minimum atomic E-state index is -0.943. The molecule has 0 amide bonds. The molecular formula is C19H17Cl2NO5. The normalized spacial score (nSPS) is 15.4. The molecule has 1 unspecified atom stereocenters. The Balaban J connectivity index is 2.08. The zero-order valence-corrected chi connectivity index (χ0v) is 16.2. The van der Waals surface area contributed by atoms with E-state index in [1.54, 1.807) is 24.3 Å². The quantitative estimate of drug-likeness (QED) is 0.462. The molecule has 2 aromatic carbocycles. The number of hydrogen-bond acceptors (Lipinski definition) is 5. The van der Waals surface area contributed by atoms with Gasteiger partial charge in [-0.3, -0.25) is 10.1 Å². The fourth-order valence-corrected chi connectivity index (χ4v) is 3.40. The zero-order valence-electron chi connectivity index (χ0n) is 14.7. The van der Waals surface area contributed by atoms with Crippen LogP contribution in [0, 0.1) is 10.1 Å². The van der Waals surface area contributed by atoms with Gasteiger partial charge >= 0.3 is 0 Å². The van der Waals surface area contributed by atoms with Crippen molar-refractivity contribution < 1.29 is 19.1 Å². The Morgan fingerprint density at radius 2 is 1.81 bits per heavy atom. The smallest absolute Gasteiger partial charge is 0.291 e. The van der Waals surface area contributed by atoms with Crippen molar-refractivity contribution in [2.45, 2.75) is 20.0 Å². The lowest BCUT2D eigenvalue weighted by molar-refractivity contribution is -0.434. The van der Waals surface area contributed by atoms with Crippen LogP contribution in [0.5, 0.6) is 17.2 Å². The standard InChI is InChI=1S/C19H17Cl2NO5/c1-3-25-16-6-5-11(9-17(16)26-4-2)19-15(22(23)24)8-12-7-13(20)10-14(21)18(12)27-19/h5-10,19H,3-4H2,1-2H3. The molecule has 3 rings (SSSR count). The summed E-state index contributed by atoms with van der Waals surface area (Å²) in [6.45, 7) is 4.62. The van der Waals surface area contributed by atoms with Crippen LogP contribution in [0.15, 0.2) is 36.0 Å². The van der Waals surface area contributed by atoms with Gasteiger partial charge in [0.25, 0.3) is 5.70 Å². The average molecular weight is 410 g/mol. The number of fused-ring (bicyclic) bond motifs is 1. The Labute approximate surface area is 166 Å². The summed E-state index contributed by atoms with van der Waals surface area (Å²) in [5.74, 6) is 1.41. The van der Waals surface area contributed by atoms with E-state index in [2.05, 4.69) is 0 Å². The van der Waals surface area contributed by atoms with E-state index in [0.29, 0.717) is 46.6 Å². The van der Waals surface area contributed by atoms with Crippen LogP contribution in [-0.4, -0.2) is 18.1 Å². The summed E-state index contributed by atoms with van der Waals surface area (Å²) in [7, 11) is 0. The molecule has 6 nitrogen and oxygen atoms in total. The van der Waals surface area contributed by atoms with E-state index < -0.39 is 11.0 Å². The second kappa shape index (κ2) is 8.06. The minimum Gasteiger partial charge on any atom is -0.490 e. The van der Waals surface area contributed by atoms with E-state index in [4.69, 9.17) is 37.4 Å². The van der Waals surface area contributed by atoms with Gasteiger partial charge in [0.1, 0.15) is 5.75 Å². The van der Waals surface area contributed by atoms with Crippen LogP contribution in [0.1, 0.15) is 31.1 Å². The molecule has 0 radical (unpaired) electrons. The molecule has 27 heavy (non-hydrogen) atoms. The number of halogens is 2. The van der Waals surface area contributed by atoms with Crippen molar-refractivity contribution >= 4 is 29.3 Å². The van der Waals surface area contributed by atoms with E-state index in [1.807, 2.05) is 13.8 Å². The predicted octanol–water partition coefficient (Wildman–Crippen LogP) is 5.54. The summed E-state index contributed by atoms with van der Waals surface area (Å²) in [5, 5.41) is 12.3. The molecule has 0 aliphatic carbocycles. The topological polar surface area (TPSA) is 70.8 Å². The van der Waals surface area contributed by atoms with Crippen molar-refractivity contribution in [3.63, 3.8) is 0 Å². The van der Waals surface area contributed by atoms with Crippen LogP contribution >= 0.6 is 23.2 Å². The van der Waals surface area contributed by atoms with Gasteiger partial charge in [-0.05, 0) is 38.1 Å². The van der Waals surface area contributed by atoms with Gasteiger partial charge < -0.3 is 14.2 Å². The number of hydrogen-bond donors (Lipinski definition) is 0. The van der Waals surface area contributed by atoms with Gasteiger partial charge in [-0.1, -0.05) is 29.3 Å². The summed E-state index contributed by atoms with van der Waals surface area (Å²) in [4.78, 5) is 11.2. The molecule has 1 atom stereocenters. The predicted molar refractivity (Wildman–Crippen MR) is 104 cm³/mol. The van der Waals surface area contributed by atoms with E-state index in [1.165, 1.54) is 12.1 Å². The summed E-state index contributed by atoms with van der Waals surface area (Å²) < 4.78 is 17.1. The summed E-state index contributed by atoms with van der Waals surface area (Å²) in [6.07, 6.45) is 0.485. The monoisotopic (exact) mass is 409 g/mol. The van der Waals surface area contributed by atoms with Gasteiger partial charge in [-0.25, -0.2) is 0 Å². The van der Waals surface area contributed by atoms with Gasteiger partial charge in [0.15, 0.2) is 11.5 Å². The number of benzene rings is 2. The summed E-state index contributed by atoms with van der Waals surface area (Å²) in [6, 6.07) is 8.22. The third-order valence-electron chi connectivity index (χ3n) is 3.93. The van der Waals surface area contributed by atoms with E-state index in [-0.39, 0.29) is 10.7 Å². The molecule has 0 N–H and O–H groups in total. The molecular weight excluding hydrogens is 393 g/mol. The molecule has 1 aliphatic heterocycles. The molecule has 1 aliphatic rings. The molecule has 1 heterocycles. The summed E-state index contributed by atoms with van der Waals surface area (Å²) >= 11 is 12.2. The summed E-state index contributed by atoms with van der Waals surface area (Å²) in [5.41, 5.74) is 0.903. The highest BCUT2D eigenvalue weighted by Gasteiger charge is 2.35. The number of rotatable bonds is 6. The number of nitrogens with zero attached hydrogens (tertiary/aromatic N) is 1. The number of ether oxygens (including phenoxy) is 3. The lowest BCUT2D eigenvalue weighted by Gasteiger charge is -2.24. The largest absolute Gasteiger partial charge is 0.490 e. The van der Waals surface area contributed by atoms with Crippen LogP contribution < -0.4 is 14.2 Å². The highest BCUT2D eigenvalue weighted by Crippen LogP contribution is 2.44. The van der Waals surface area contributed by atoms with Gasteiger partial charge in [0, 0.05) is 22.2 Å². The highest BCUT2D eigenvalue weighted by molar-refractivity contribution is 6.36. The highest BCUT2D eigenvalue weighted by atomic mass is 35.5. The van der Waals surface area contributed by atoms with Crippen molar-refractivity contribution in [1.82, 2.24) is 0 Å². The fourth-order valence-electron chi connectivity index (χ4n) is 2.84. The maximum Gasteiger partial charge on any atom is 0.291 e. The van der Waals surface area contributed by atoms with Crippen molar-refractivity contribution in [2.24, 2.45) is 0 Å². The van der Waals surface area contributed by atoms with Crippen LogP contribution in [0.4, 0.5) is 0 Å². The Morgan fingerprint density at radius 3 is 2.48 bits per heavy atom. The third-order valence-corrected chi connectivity index (χ3v) is 4.42. The van der Waals surface area contributed by atoms with Crippen molar-refractivity contribution in [3.8, 4) is 17.2 Å². The van der Waals surface area contributed by atoms with Crippen molar-refractivity contribution in [3.05, 3.63) is 67.3 Å². The molecule has 0 fully saturated rings. The average Bonchev–Trinajstić information content (AvgIpc) is 2.62. The van der Waals surface area contributed by atoms with Crippen LogP contribution in [0.3, 0.4) is 0 Å². The molecule has 0 spiro atoms. The molecule has 0 saturated heterocycles. The van der Waals surface area contributed by atoms with Crippen molar-refractivity contribution in [2.75, 3.05) is 13.2 Å². The van der Waals surface area contributed by atoms with E-state index in [9.17, 15) is 10.1 Å². The zero-order chi connectivity index (χ0) is 19.6. The second-order valence-corrected chi connectivity index (χ2v) is 6.55. The Hall–Kier alpha value is -2.44. The Bertz CT molecular complexity index is 913. The lowest BCUT2D eigenvalue weighted by Crippen LogP contribution is -2.20.